The van der Waals surface area contributed by atoms with Gasteiger partial charge in [-0.25, -0.2) is 9.78 Å². The summed E-state index contributed by atoms with van der Waals surface area (Å²) in [5.41, 5.74) is 2.51. The molecule has 34 heavy (non-hydrogen) atoms. The Morgan fingerprint density at radius 2 is 1.76 bits per heavy atom. The maximum Gasteiger partial charge on any atom is 0.410 e. The number of hydrogen-bond acceptors (Lipinski definition) is 6. The van der Waals surface area contributed by atoms with Crippen molar-refractivity contribution in [2.24, 2.45) is 0 Å². The zero-order valence-electron chi connectivity index (χ0n) is 19.9. The van der Waals surface area contributed by atoms with Crippen LogP contribution in [-0.4, -0.2) is 45.8 Å². The van der Waals surface area contributed by atoms with Crippen molar-refractivity contribution in [3.63, 3.8) is 0 Å². The highest BCUT2D eigenvalue weighted by molar-refractivity contribution is 7.98. The molecule has 1 aliphatic heterocycles. The third-order valence-electron chi connectivity index (χ3n) is 5.39. The average Bonchev–Trinajstić information content (AvgIpc) is 3.31. The normalized spacial score (nSPS) is 15.9. The Balaban J connectivity index is 1.49. The van der Waals surface area contributed by atoms with Gasteiger partial charge in [-0.05, 0) is 39.2 Å². The van der Waals surface area contributed by atoms with Gasteiger partial charge < -0.3 is 14.4 Å². The van der Waals surface area contributed by atoms with E-state index in [9.17, 15) is 4.79 Å². The molecule has 2 heterocycles. The predicted molar refractivity (Wildman–Crippen MR) is 135 cm³/mol. The molecule has 1 fully saturated rings. The minimum Gasteiger partial charge on any atom is -0.475 e. The molecule has 0 aliphatic carbocycles. The maximum absolute atomic E-state index is 12.6. The molecule has 1 saturated heterocycles. The highest BCUT2D eigenvalue weighted by Gasteiger charge is 2.32. The van der Waals surface area contributed by atoms with Crippen LogP contribution in [0.5, 0.6) is 5.88 Å². The van der Waals surface area contributed by atoms with Crippen molar-refractivity contribution in [2.75, 3.05) is 13.2 Å². The summed E-state index contributed by atoms with van der Waals surface area (Å²) in [5, 5.41) is 0.663. The first-order valence-electron chi connectivity index (χ1n) is 11.6. The number of hydrogen-bond donors (Lipinski definition) is 0. The zero-order valence-corrected chi connectivity index (χ0v) is 20.8. The number of thioether (sulfide) groups is 1. The number of likely N-dealkylation sites (tertiary alicyclic amines) is 1. The molecule has 4 rings (SSSR count). The van der Waals surface area contributed by atoms with Gasteiger partial charge in [-0.15, -0.1) is 0 Å². The van der Waals surface area contributed by atoms with E-state index in [0.29, 0.717) is 24.2 Å². The number of nitrogens with zero attached hydrogens (tertiary/aromatic N) is 3. The second-order valence-electron chi connectivity index (χ2n) is 9.30. The lowest BCUT2D eigenvalue weighted by Gasteiger charge is -2.28. The molecule has 1 amide bonds. The van der Waals surface area contributed by atoms with Gasteiger partial charge >= 0.3 is 6.09 Å². The zero-order chi connectivity index (χ0) is 24.0. The Hall–Kier alpha value is -3.06. The smallest absolute Gasteiger partial charge is 0.410 e. The molecule has 1 aromatic heterocycles. The number of amides is 1. The maximum atomic E-state index is 12.6. The Morgan fingerprint density at radius 3 is 2.47 bits per heavy atom. The lowest BCUT2D eigenvalue weighted by atomic mass is 10.1. The number of ether oxygens (including phenoxy) is 2. The Bertz CT molecular complexity index is 1090. The van der Waals surface area contributed by atoms with E-state index in [1.54, 1.807) is 16.7 Å². The lowest BCUT2D eigenvalue weighted by molar-refractivity contribution is 0.0185. The Labute approximate surface area is 205 Å². The van der Waals surface area contributed by atoms with Gasteiger partial charge in [0.2, 0.25) is 5.88 Å². The number of benzene rings is 2. The monoisotopic (exact) mass is 477 g/mol. The van der Waals surface area contributed by atoms with Crippen molar-refractivity contribution in [1.29, 1.82) is 0 Å². The van der Waals surface area contributed by atoms with Crippen LogP contribution < -0.4 is 4.74 Å². The number of carbonyl (C=O) groups is 1. The number of carbonyl (C=O) groups excluding carboxylic acids is 1. The number of rotatable bonds is 7. The summed E-state index contributed by atoms with van der Waals surface area (Å²) in [6, 6.07) is 22.1. The van der Waals surface area contributed by atoms with E-state index in [0.717, 1.165) is 29.9 Å². The molecule has 2 aromatic carbocycles. The van der Waals surface area contributed by atoms with Crippen molar-refractivity contribution in [3.8, 4) is 17.1 Å². The summed E-state index contributed by atoms with van der Waals surface area (Å²) in [5.74, 6) is 1.29. The summed E-state index contributed by atoms with van der Waals surface area (Å²) in [6.07, 6.45) is 1.53. The minimum atomic E-state index is -0.521. The minimum absolute atomic E-state index is 0.0367. The molecule has 1 aliphatic rings. The van der Waals surface area contributed by atoms with E-state index >= 15 is 0 Å². The summed E-state index contributed by atoms with van der Waals surface area (Å²) in [6.45, 7) is 6.70. The fourth-order valence-electron chi connectivity index (χ4n) is 3.77. The second-order valence-corrected chi connectivity index (χ2v) is 10.2. The highest BCUT2D eigenvalue weighted by Crippen LogP contribution is 2.28. The molecule has 7 heteroatoms. The van der Waals surface area contributed by atoms with Crippen LogP contribution in [0.25, 0.3) is 11.3 Å². The van der Waals surface area contributed by atoms with Gasteiger partial charge in [0.1, 0.15) is 12.2 Å². The van der Waals surface area contributed by atoms with Gasteiger partial charge in [0, 0.05) is 23.9 Å². The molecular formula is C27H31N3O3S. The van der Waals surface area contributed by atoms with Crippen LogP contribution in [0.4, 0.5) is 4.79 Å². The van der Waals surface area contributed by atoms with E-state index < -0.39 is 5.60 Å². The van der Waals surface area contributed by atoms with Gasteiger partial charge in [0.05, 0.1) is 11.7 Å². The molecule has 0 radical (unpaired) electrons. The van der Waals surface area contributed by atoms with E-state index in [1.165, 1.54) is 5.56 Å². The van der Waals surface area contributed by atoms with Gasteiger partial charge in [0.15, 0.2) is 5.16 Å². The second kappa shape index (κ2) is 10.9. The van der Waals surface area contributed by atoms with Crippen molar-refractivity contribution < 1.29 is 14.3 Å². The topological polar surface area (TPSA) is 64.5 Å². The van der Waals surface area contributed by atoms with E-state index in [4.69, 9.17) is 14.5 Å². The summed E-state index contributed by atoms with van der Waals surface area (Å²) >= 11 is 1.58. The van der Waals surface area contributed by atoms with Crippen molar-refractivity contribution in [3.05, 3.63) is 72.3 Å². The Kier molecular flexibility index (Phi) is 7.73. The molecule has 1 unspecified atom stereocenters. The third-order valence-corrected chi connectivity index (χ3v) is 6.31. The van der Waals surface area contributed by atoms with Crippen LogP contribution >= 0.6 is 11.8 Å². The fraction of sp³-hybridized carbons (Fsp3) is 0.370. The van der Waals surface area contributed by atoms with Crippen LogP contribution in [0.15, 0.2) is 71.9 Å². The molecule has 6 nitrogen and oxygen atoms in total. The molecule has 1 atom stereocenters. The molecule has 0 saturated carbocycles. The first-order valence-corrected chi connectivity index (χ1v) is 12.6. The largest absolute Gasteiger partial charge is 0.475 e. The van der Waals surface area contributed by atoms with Crippen LogP contribution in [0.2, 0.25) is 0 Å². The van der Waals surface area contributed by atoms with Gasteiger partial charge in [-0.3, -0.25) is 0 Å². The molecular weight excluding hydrogens is 446 g/mol. The fourth-order valence-corrected chi connectivity index (χ4v) is 4.58. The van der Waals surface area contributed by atoms with Crippen LogP contribution in [-0.2, 0) is 10.5 Å². The van der Waals surface area contributed by atoms with Gasteiger partial charge in [-0.1, -0.05) is 72.4 Å². The van der Waals surface area contributed by atoms with Gasteiger partial charge in [0.25, 0.3) is 0 Å². The van der Waals surface area contributed by atoms with Crippen LogP contribution in [0.1, 0.15) is 39.2 Å². The third kappa shape index (κ3) is 6.73. The quantitative estimate of drug-likeness (QED) is 0.298. The van der Waals surface area contributed by atoms with E-state index in [1.807, 2.05) is 75.4 Å². The molecule has 3 aromatic rings. The highest BCUT2D eigenvalue weighted by atomic mass is 32.2. The van der Waals surface area contributed by atoms with Crippen LogP contribution in [0, 0.1) is 0 Å². The standard InChI is InChI=1S/C27H31N3O3S/c1-27(2,3)33-26(31)30-16-10-15-22(30)18-32-24-17-23(21-13-8-5-9-14-21)28-25(29-24)34-19-20-11-6-4-7-12-20/h4-9,11-14,17,22H,10,15-16,18-19H2,1-3H3. The Morgan fingerprint density at radius 1 is 1.06 bits per heavy atom. The molecule has 0 bridgehead atoms. The molecule has 178 valence electrons. The summed E-state index contributed by atoms with van der Waals surface area (Å²) < 4.78 is 11.7. The predicted octanol–water partition coefficient (Wildman–Crippen LogP) is 6.21. The van der Waals surface area contributed by atoms with Crippen LogP contribution in [0.3, 0.4) is 0 Å². The molecule has 0 spiro atoms. The first kappa shape index (κ1) is 24.1. The van der Waals surface area contributed by atoms with Crippen molar-refractivity contribution in [1.82, 2.24) is 14.9 Å². The van der Waals surface area contributed by atoms with Gasteiger partial charge in [-0.2, -0.15) is 4.98 Å². The van der Waals surface area contributed by atoms with Crippen molar-refractivity contribution >= 4 is 17.9 Å². The van der Waals surface area contributed by atoms with Crippen molar-refractivity contribution in [2.45, 2.75) is 56.2 Å². The van der Waals surface area contributed by atoms with E-state index in [-0.39, 0.29) is 12.1 Å². The summed E-state index contributed by atoms with van der Waals surface area (Å²) in [4.78, 5) is 23.8. The van der Waals surface area contributed by atoms with E-state index in [2.05, 4.69) is 17.1 Å². The SMILES string of the molecule is CC(C)(C)OC(=O)N1CCCC1COc1cc(-c2ccccc2)nc(SCc2ccccc2)n1. The first-order chi connectivity index (χ1) is 16.4. The lowest BCUT2D eigenvalue weighted by Crippen LogP contribution is -2.42. The molecule has 0 N–H and O–H groups in total. The summed E-state index contributed by atoms with van der Waals surface area (Å²) in [7, 11) is 0. The number of aromatic nitrogens is 2. The average molecular weight is 478 g/mol.